The molecule has 5 heteroatoms. The van der Waals surface area contributed by atoms with Gasteiger partial charge in [-0.05, 0) is 42.5 Å². The molecule has 1 aliphatic heterocycles. The van der Waals surface area contributed by atoms with Gasteiger partial charge < -0.3 is 14.6 Å². The van der Waals surface area contributed by atoms with Crippen molar-refractivity contribution in [3.8, 4) is 17.1 Å². The highest BCUT2D eigenvalue weighted by Gasteiger charge is 2.30. The van der Waals surface area contributed by atoms with Crippen molar-refractivity contribution in [3.05, 3.63) is 70.9 Å². The van der Waals surface area contributed by atoms with Crippen LogP contribution >= 0.6 is 0 Å². The summed E-state index contributed by atoms with van der Waals surface area (Å²) >= 11 is 0. The van der Waals surface area contributed by atoms with Gasteiger partial charge in [0.1, 0.15) is 12.4 Å². The number of aromatic nitrogens is 1. The van der Waals surface area contributed by atoms with Crippen molar-refractivity contribution in [3.63, 3.8) is 0 Å². The standard InChI is InChI=1S/C21H18N2O3/c24-21(22-17-10-5-7-13-6-1-2-8-14(13)17)19-16-12-25-18-11-4-3-9-15(18)20(16)26-23-19/h1-4,6,8-9,11,17H,5,7,10,12H2,(H,22,24)/t17-/m1/s1. The largest absolute Gasteiger partial charge is 0.488 e. The van der Waals surface area contributed by atoms with Crippen LogP contribution in [0.1, 0.15) is 46.1 Å². The molecule has 3 aromatic rings. The van der Waals surface area contributed by atoms with Crippen molar-refractivity contribution in [1.82, 2.24) is 10.5 Å². The highest BCUT2D eigenvalue weighted by molar-refractivity contribution is 5.96. The second-order valence-corrected chi connectivity index (χ2v) is 6.74. The summed E-state index contributed by atoms with van der Waals surface area (Å²) in [5.41, 5.74) is 4.38. The molecule has 0 fully saturated rings. The van der Waals surface area contributed by atoms with Crippen molar-refractivity contribution in [2.24, 2.45) is 0 Å². The maximum absolute atomic E-state index is 12.9. The molecule has 0 spiro atoms. The molecule has 0 unspecified atom stereocenters. The fourth-order valence-corrected chi connectivity index (χ4v) is 3.89. The minimum Gasteiger partial charge on any atom is -0.488 e. The topological polar surface area (TPSA) is 64.4 Å². The Bertz CT molecular complexity index is 992. The molecule has 1 atom stereocenters. The van der Waals surface area contributed by atoms with E-state index in [1.807, 2.05) is 36.4 Å². The van der Waals surface area contributed by atoms with E-state index in [0.717, 1.165) is 30.6 Å². The summed E-state index contributed by atoms with van der Waals surface area (Å²) in [4.78, 5) is 12.9. The average molecular weight is 346 g/mol. The Kier molecular flexibility index (Phi) is 3.52. The highest BCUT2D eigenvalue weighted by atomic mass is 16.5. The molecule has 1 amide bonds. The van der Waals surface area contributed by atoms with Crippen LogP contribution in [-0.2, 0) is 13.0 Å². The van der Waals surface area contributed by atoms with Gasteiger partial charge in [0.15, 0.2) is 11.5 Å². The number of carbonyl (C=O) groups excluding carboxylic acids is 1. The summed E-state index contributed by atoms with van der Waals surface area (Å²) in [5, 5.41) is 7.19. The third kappa shape index (κ3) is 2.39. The van der Waals surface area contributed by atoms with E-state index in [1.165, 1.54) is 11.1 Å². The zero-order valence-corrected chi connectivity index (χ0v) is 14.2. The van der Waals surface area contributed by atoms with Crippen molar-refractivity contribution in [2.75, 3.05) is 0 Å². The molecule has 0 radical (unpaired) electrons. The summed E-state index contributed by atoms with van der Waals surface area (Å²) in [5.74, 6) is 1.17. The summed E-state index contributed by atoms with van der Waals surface area (Å²) in [6.45, 7) is 0.292. The Balaban J connectivity index is 1.44. The number of nitrogens with zero attached hydrogens (tertiary/aromatic N) is 1. The number of aryl methyl sites for hydroxylation is 1. The van der Waals surface area contributed by atoms with E-state index < -0.39 is 0 Å². The quantitative estimate of drug-likeness (QED) is 0.760. The first kappa shape index (κ1) is 15.2. The van der Waals surface area contributed by atoms with Gasteiger partial charge in [-0.3, -0.25) is 4.79 Å². The smallest absolute Gasteiger partial charge is 0.274 e. The summed E-state index contributed by atoms with van der Waals surface area (Å²) in [6, 6.07) is 15.9. The van der Waals surface area contributed by atoms with Crippen LogP contribution in [0.3, 0.4) is 0 Å². The lowest BCUT2D eigenvalue weighted by atomic mass is 9.87. The van der Waals surface area contributed by atoms with Crippen LogP contribution in [0, 0.1) is 0 Å². The predicted octanol–water partition coefficient (Wildman–Crippen LogP) is 4.04. The van der Waals surface area contributed by atoms with E-state index in [1.54, 1.807) is 0 Å². The van der Waals surface area contributed by atoms with Gasteiger partial charge in [0.25, 0.3) is 5.91 Å². The molecule has 5 rings (SSSR count). The molecule has 5 nitrogen and oxygen atoms in total. The predicted molar refractivity (Wildman–Crippen MR) is 95.9 cm³/mol. The Morgan fingerprint density at radius 3 is 2.92 bits per heavy atom. The fourth-order valence-electron chi connectivity index (χ4n) is 3.89. The number of hydrogen-bond donors (Lipinski definition) is 1. The molecular formula is C21H18N2O3. The second kappa shape index (κ2) is 6.02. The number of hydrogen-bond acceptors (Lipinski definition) is 4. The van der Waals surface area contributed by atoms with Crippen molar-refractivity contribution in [1.29, 1.82) is 0 Å². The summed E-state index contributed by atoms with van der Waals surface area (Å²) in [6.07, 6.45) is 3.06. The number of ether oxygens (including phenoxy) is 1. The monoisotopic (exact) mass is 346 g/mol. The first-order chi connectivity index (χ1) is 12.8. The number of carbonyl (C=O) groups is 1. The third-order valence-corrected chi connectivity index (χ3v) is 5.18. The summed E-state index contributed by atoms with van der Waals surface area (Å²) in [7, 11) is 0. The minimum absolute atomic E-state index is 0.0107. The molecule has 0 saturated heterocycles. The molecule has 0 saturated carbocycles. The van der Waals surface area contributed by atoms with Gasteiger partial charge >= 0.3 is 0 Å². The SMILES string of the molecule is O=C(N[C@@H]1CCCc2ccccc21)c1noc2c1COc1ccccc1-2. The molecule has 2 aromatic carbocycles. The van der Waals surface area contributed by atoms with Crippen LogP contribution in [-0.4, -0.2) is 11.1 Å². The van der Waals surface area contributed by atoms with Crippen LogP contribution < -0.4 is 10.1 Å². The number of benzene rings is 2. The maximum atomic E-state index is 12.9. The minimum atomic E-state index is -0.209. The second-order valence-electron chi connectivity index (χ2n) is 6.74. The lowest BCUT2D eigenvalue weighted by molar-refractivity contribution is 0.0921. The highest BCUT2D eigenvalue weighted by Crippen LogP contribution is 2.38. The number of nitrogens with one attached hydrogen (secondary N) is 1. The first-order valence-corrected chi connectivity index (χ1v) is 8.90. The van der Waals surface area contributed by atoms with Crippen LogP contribution in [0.4, 0.5) is 0 Å². The van der Waals surface area contributed by atoms with Gasteiger partial charge in [0, 0.05) is 0 Å². The molecule has 26 heavy (non-hydrogen) atoms. The molecule has 0 bridgehead atoms. The van der Waals surface area contributed by atoms with E-state index in [2.05, 4.69) is 22.6 Å². The first-order valence-electron chi connectivity index (χ1n) is 8.90. The normalized spacial score (nSPS) is 17.5. The fraction of sp³-hybridized carbons (Fsp3) is 0.238. The lowest BCUT2D eigenvalue weighted by Gasteiger charge is -2.26. The molecule has 2 aliphatic rings. The van der Waals surface area contributed by atoms with E-state index in [-0.39, 0.29) is 11.9 Å². The summed E-state index contributed by atoms with van der Waals surface area (Å²) < 4.78 is 11.3. The van der Waals surface area contributed by atoms with Crippen LogP contribution in [0.5, 0.6) is 5.75 Å². The van der Waals surface area contributed by atoms with Crippen LogP contribution in [0.15, 0.2) is 53.1 Å². The zero-order chi connectivity index (χ0) is 17.5. The average Bonchev–Trinajstić information content (AvgIpc) is 3.13. The Morgan fingerprint density at radius 1 is 1.12 bits per heavy atom. The molecule has 1 aromatic heterocycles. The van der Waals surface area contributed by atoms with E-state index >= 15 is 0 Å². The zero-order valence-electron chi connectivity index (χ0n) is 14.2. The lowest BCUT2D eigenvalue weighted by Crippen LogP contribution is -2.32. The molecular weight excluding hydrogens is 328 g/mol. The van der Waals surface area contributed by atoms with E-state index in [9.17, 15) is 4.79 Å². The van der Waals surface area contributed by atoms with Crippen molar-refractivity contribution >= 4 is 5.91 Å². The van der Waals surface area contributed by atoms with Crippen LogP contribution in [0.2, 0.25) is 0 Å². The van der Waals surface area contributed by atoms with E-state index in [4.69, 9.17) is 9.26 Å². The molecule has 130 valence electrons. The molecule has 1 N–H and O–H groups in total. The Labute approximate surface area is 151 Å². The van der Waals surface area contributed by atoms with Gasteiger partial charge in [-0.25, -0.2) is 0 Å². The maximum Gasteiger partial charge on any atom is 0.274 e. The Hall–Kier alpha value is -3.08. The number of para-hydroxylation sites is 1. The van der Waals surface area contributed by atoms with Gasteiger partial charge in [0.2, 0.25) is 0 Å². The number of amides is 1. The number of fused-ring (bicyclic) bond motifs is 4. The Morgan fingerprint density at radius 2 is 1.96 bits per heavy atom. The van der Waals surface area contributed by atoms with Gasteiger partial charge in [0.05, 0.1) is 17.2 Å². The third-order valence-electron chi connectivity index (χ3n) is 5.18. The van der Waals surface area contributed by atoms with Gasteiger partial charge in [-0.2, -0.15) is 0 Å². The van der Waals surface area contributed by atoms with Gasteiger partial charge in [-0.1, -0.05) is 41.6 Å². The molecule has 2 heterocycles. The number of rotatable bonds is 2. The van der Waals surface area contributed by atoms with Gasteiger partial charge in [-0.15, -0.1) is 0 Å². The van der Waals surface area contributed by atoms with Crippen molar-refractivity contribution in [2.45, 2.75) is 31.9 Å². The van der Waals surface area contributed by atoms with Crippen LogP contribution in [0.25, 0.3) is 11.3 Å². The van der Waals surface area contributed by atoms with E-state index in [0.29, 0.717) is 23.6 Å². The van der Waals surface area contributed by atoms with Crippen molar-refractivity contribution < 1.29 is 14.1 Å². The molecule has 1 aliphatic carbocycles.